The highest BCUT2D eigenvalue weighted by Gasteiger charge is 2.31. The Morgan fingerprint density at radius 2 is 2.00 bits per heavy atom. The predicted molar refractivity (Wildman–Crippen MR) is 107 cm³/mol. The van der Waals surface area contributed by atoms with Gasteiger partial charge in [0, 0.05) is 6.54 Å². The molecule has 0 saturated carbocycles. The van der Waals surface area contributed by atoms with Gasteiger partial charge in [0.2, 0.25) is 0 Å². The number of hydrogen-bond donors (Lipinski definition) is 1. The van der Waals surface area contributed by atoms with Crippen LogP contribution in [0, 0.1) is 0 Å². The maximum absolute atomic E-state index is 12.9. The molecule has 2 amide bonds. The molecule has 1 aliphatic rings. The second-order valence-electron chi connectivity index (χ2n) is 6.38. The van der Waals surface area contributed by atoms with Crippen LogP contribution in [0.1, 0.15) is 24.4 Å². The lowest BCUT2D eigenvalue weighted by molar-refractivity contribution is 0.207. The summed E-state index contributed by atoms with van der Waals surface area (Å²) in [6.45, 7) is 0.718. The van der Waals surface area contributed by atoms with Crippen LogP contribution < -0.4 is 14.8 Å². The molecule has 1 N–H and O–H groups in total. The summed E-state index contributed by atoms with van der Waals surface area (Å²) >= 11 is 1.49. The number of benzene rings is 2. The predicted octanol–water partition coefficient (Wildman–Crippen LogP) is 4.68. The number of carbonyl (C=O) groups is 1. The standard InChI is InChI=1S/C20H21N3O3S/c1-25-16-10-9-13(12-17(16)26-2)15-7-5-11-23(15)20(24)22-19-21-14-6-3-4-8-18(14)27-19/h3-4,6,8-10,12,15H,5,7,11H2,1-2H3,(H,21,22,24). The largest absolute Gasteiger partial charge is 0.493 e. The van der Waals surface area contributed by atoms with Gasteiger partial charge in [0.05, 0.1) is 30.5 Å². The van der Waals surface area contributed by atoms with Crippen LogP contribution in [0.2, 0.25) is 0 Å². The number of aromatic nitrogens is 1. The van der Waals surface area contributed by atoms with E-state index in [1.807, 2.05) is 47.4 Å². The van der Waals surface area contributed by atoms with Crippen molar-refractivity contribution < 1.29 is 14.3 Å². The number of likely N-dealkylation sites (tertiary alicyclic amines) is 1. The molecular formula is C20H21N3O3S. The van der Waals surface area contributed by atoms with Gasteiger partial charge in [-0.3, -0.25) is 5.32 Å². The molecule has 27 heavy (non-hydrogen) atoms. The first-order valence-electron chi connectivity index (χ1n) is 8.84. The number of ether oxygens (including phenoxy) is 2. The van der Waals surface area contributed by atoms with Gasteiger partial charge in [-0.15, -0.1) is 0 Å². The smallest absolute Gasteiger partial charge is 0.324 e. The van der Waals surface area contributed by atoms with Crippen LogP contribution in [0.25, 0.3) is 10.2 Å². The van der Waals surface area contributed by atoms with E-state index >= 15 is 0 Å². The number of rotatable bonds is 4. The van der Waals surface area contributed by atoms with Crippen LogP contribution in [0.3, 0.4) is 0 Å². The molecule has 0 spiro atoms. The maximum Gasteiger partial charge on any atom is 0.324 e. The Labute approximate surface area is 161 Å². The minimum Gasteiger partial charge on any atom is -0.493 e. The van der Waals surface area contributed by atoms with E-state index in [2.05, 4.69) is 10.3 Å². The molecule has 3 aromatic rings. The van der Waals surface area contributed by atoms with E-state index in [4.69, 9.17) is 9.47 Å². The fourth-order valence-electron chi connectivity index (χ4n) is 3.51. The molecule has 0 aliphatic carbocycles. The minimum atomic E-state index is -0.119. The number of para-hydroxylation sites is 1. The normalized spacial score (nSPS) is 16.5. The number of methoxy groups -OCH3 is 2. The molecule has 4 rings (SSSR count). The first kappa shape index (κ1) is 17.6. The van der Waals surface area contributed by atoms with Crippen molar-refractivity contribution in [3.63, 3.8) is 0 Å². The number of amides is 2. The Morgan fingerprint density at radius 1 is 1.19 bits per heavy atom. The molecule has 0 radical (unpaired) electrons. The Bertz CT molecular complexity index is 939. The van der Waals surface area contributed by atoms with Crippen molar-refractivity contribution in [1.29, 1.82) is 0 Å². The molecule has 1 aromatic heterocycles. The average molecular weight is 383 g/mol. The lowest BCUT2D eigenvalue weighted by Gasteiger charge is -2.25. The highest BCUT2D eigenvalue weighted by Crippen LogP contribution is 2.37. The van der Waals surface area contributed by atoms with E-state index in [-0.39, 0.29) is 12.1 Å². The summed E-state index contributed by atoms with van der Waals surface area (Å²) in [4.78, 5) is 19.2. The van der Waals surface area contributed by atoms with Gasteiger partial charge in [-0.2, -0.15) is 0 Å². The van der Waals surface area contributed by atoms with Crippen LogP contribution in [0.4, 0.5) is 9.93 Å². The zero-order valence-electron chi connectivity index (χ0n) is 15.3. The molecule has 1 unspecified atom stereocenters. The number of anilines is 1. The van der Waals surface area contributed by atoms with E-state index in [9.17, 15) is 4.79 Å². The van der Waals surface area contributed by atoms with Gasteiger partial charge >= 0.3 is 6.03 Å². The number of thiazole rings is 1. The van der Waals surface area contributed by atoms with Crippen molar-refractivity contribution in [1.82, 2.24) is 9.88 Å². The summed E-state index contributed by atoms with van der Waals surface area (Å²) in [6, 6.07) is 13.6. The molecule has 0 bridgehead atoms. The van der Waals surface area contributed by atoms with Crippen LogP contribution >= 0.6 is 11.3 Å². The Hall–Kier alpha value is -2.80. The number of hydrogen-bond acceptors (Lipinski definition) is 5. The number of nitrogens with zero attached hydrogens (tertiary/aromatic N) is 2. The van der Waals surface area contributed by atoms with Crippen LogP contribution in [0.5, 0.6) is 11.5 Å². The van der Waals surface area contributed by atoms with Gasteiger partial charge < -0.3 is 14.4 Å². The zero-order valence-corrected chi connectivity index (χ0v) is 16.1. The Balaban J connectivity index is 1.54. The van der Waals surface area contributed by atoms with Crippen molar-refractivity contribution in [2.24, 2.45) is 0 Å². The van der Waals surface area contributed by atoms with Gasteiger partial charge in [0.15, 0.2) is 16.6 Å². The summed E-state index contributed by atoms with van der Waals surface area (Å²) in [7, 11) is 3.23. The lowest BCUT2D eigenvalue weighted by Crippen LogP contribution is -2.34. The first-order chi connectivity index (χ1) is 13.2. The van der Waals surface area contributed by atoms with Crippen LogP contribution in [0.15, 0.2) is 42.5 Å². The van der Waals surface area contributed by atoms with Gasteiger partial charge in [-0.05, 0) is 42.7 Å². The number of carbonyl (C=O) groups excluding carboxylic acids is 1. The van der Waals surface area contributed by atoms with Crippen molar-refractivity contribution >= 4 is 32.7 Å². The summed E-state index contributed by atoms with van der Waals surface area (Å²) < 4.78 is 11.8. The number of nitrogens with one attached hydrogen (secondary N) is 1. The molecule has 2 aromatic carbocycles. The monoisotopic (exact) mass is 383 g/mol. The minimum absolute atomic E-state index is 0.0131. The van der Waals surface area contributed by atoms with Gasteiger partial charge in [-0.1, -0.05) is 29.5 Å². The van der Waals surface area contributed by atoms with Crippen molar-refractivity contribution in [2.45, 2.75) is 18.9 Å². The molecule has 6 nitrogen and oxygen atoms in total. The molecule has 1 saturated heterocycles. The SMILES string of the molecule is COc1ccc(C2CCCN2C(=O)Nc2nc3ccccc3s2)cc1OC. The van der Waals surface area contributed by atoms with Gasteiger partial charge in [-0.25, -0.2) is 9.78 Å². The van der Waals surface area contributed by atoms with Crippen molar-refractivity contribution in [3.05, 3.63) is 48.0 Å². The molecular weight excluding hydrogens is 362 g/mol. The second-order valence-corrected chi connectivity index (χ2v) is 7.41. The van der Waals surface area contributed by atoms with E-state index < -0.39 is 0 Å². The van der Waals surface area contributed by atoms with Gasteiger partial charge in [0.1, 0.15) is 0 Å². The molecule has 140 valence electrons. The topological polar surface area (TPSA) is 63.7 Å². The molecule has 1 fully saturated rings. The van der Waals surface area contributed by atoms with E-state index in [0.717, 1.165) is 35.2 Å². The molecule has 1 aliphatic heterocycles. The van der Waals surface area contributed by atoms with E-state index in [0.29, 0.717) is 16.6 Å². The summed E-state index contributed by atoms with van der Waals surface area (Å²) in [5.41, 5.74) is 1.94. The van der Waals surface area contributed by atoms with Crippen molar-refractivity contribution in [2.75, 3.05) is 26.1 Å². The Kier molecular flexibility index (Phi) is 4.85. The second kappa shape index (κ2) is 7.44. The molecule has 7 heteroatoms. The third-order valence-electron chi connectivity index (χ3n) is 4.81. The molecule has 2 heterocycles. The quantitative estimate of drug-likeness (QED) is 0.710. The Morgan fingerprint density at radius 3 is 2.78 bits per heavy atom. The first-order valence-corrected chi connectivity index (χ1v) is 9.66. The van der Waals surface area contributed by atoms with Crippen LogP contribution in [-0.2, 0) is 0 Å². The number of fused-ring (bicyclic) bond motifs is 1. The lowest BCUT2D eigenvalue weighted by atomic mass is 10.0. The number of urea groups is 1. The average Bonchev–Trinajstić information content (AvgIpc) is 3.33. The highest BCUT2D eigenvalue weighted by atomic mass is 32.1. The van der Waals surface area contributed by atoms with E-state index in [1.54, 1.807) is 14.2 Å². The summed E-state index contributed by atoms with van der Waals surface area (Å²) in [6.07, 6.45) is 1.88. The third kappa shape index (κ3) is 3.42. The van der Waals surface area contributed by atoms with Crippen LogP contribution in [-0.4, -0.2) is 36.7 Å². The maximum atomic E-state index is 12.9. The zero-order chi connectivity index (χ0) is 18.8. The summed E-state index contributed by atoms with van der Waals surface area (Å²) in [5, 5.41) is 3.59. The fraction of sp³-hybridized carbons (Fsp3) is 0.300. The fourth-order valence-corrected chi connectivity index (χ4v) is 4.36. The van der Waals surface area contributed by atoms with Crippen molar-refractivity contribution in [3.8, 4) is 11.5 Å². The third-order valence-corrected chi connectivity index (χ3v) is 5.77. The highest BCUT2D eigenvalue weighted by molar-refractivity contribution is 7.22. The van der Waals surface area contributed by atoms with Gasteiger partial charge in [0.25, 0.3) is 0 Å². The summed E-state index contributed by atoms with van der Waals surface area (Å²) in [5.74, 6) is 1.36. The van der Waals surface area contributed by atoms with E-state index in [1.165, 1.54) is 11.3 Å². The molecule has 1 atom stereocenters.